The van der Waals surface area contributed by atoms with Gasteiger partial charge >= 0.3 is 0 Å². The fourth-order valence-electron chi connectivity index (χ4n) is 1.96. The Morgan fingerprint density at radius 1 is 1.40 bits per heavy atom. The molecule has 6 heteroatoms. The Bertz CT molecular complexity index is 616. The monoisotopic (exact) mass is 291 g/mol. The van der Waals surface area contributed by atoms with Crippen LogP contribution in [0.25, 0.3) is 11.0 Å². The summed E-state index contributed by atoms with van der Waals surface area (Å²) in [7, 11) is -1.09. The fourth-order valence-corrected chi connectivity index (χ4v) is 2.72. The molecule has 1 amide bonds. The van der Waals surface area contributed by atoms with E-state index in [0.29, 0.717) is 12.3 Å². The van der Waals surface area contributed by atoms with Crippen LogP contribution in [0.4, 0.5) is 0 Å². The lowest BCUT2D eigenvalue weighted by Gasteiger charge is -2.15. The Kier molecular flexibility index (Phi) is 4.25. The van der Waals surface area contributed by atoms with Crippen LogP contribution >= 0.6 is 0 Å². The molecule has 0 radical (unpaired) electrons. The molecule has 0 saturated carbocycles. The highest BCUT2D eigenvalue weighted by atomic mass is 28.3. The zero-order valence-electron chi connectivity index (χ0n) is 12.2. The van der Waals surface area contributed by atoms with E-state index in [1.165, 1.54) is 0 Å². The molecule has 1 aromatic carbocycles. The maximum atomic E-state index is 11.5. The van der Waals surface area contributed by atoms with Gasteiger partial charge in [-0.1, -0.05) is 25.7 Å². The number of hydrogen-bond donors (Lipinski definition) is 1. The number of primary amides is 1. The van der Waals surface area contributed by atoms with Gasteiger partial charge in [-0.25, -0.2) is 4.98 Å². The molecule has 5 nitrogen and oxygen atoms in total. The second-order valence-corrected chi connectivity index (χ2v) is 11.7. The Labute approximate surface area is 119 Å². The summed E-state index contributed by atoms with van der Waals surface area (Å²) in [5.41, 5.74) is 7.39. The molecule has 0 unspecified atom stereocenters. The summed E-state index contributed by atoms with van der Waals surface area (Å²) in [5, 5.41) is 0. The van der Waals surface area contributed by atoms with Gasteiger partial charge in [-0.05, 0) is 18.2 Å². The fraction of sp³-hybridized carbons (Fsp3) is 0.429. The molecule has 0 bridgehead atoms. The number of carbonyl (C=O) groups excluding carboxylic acids is 1. The van der Waals surface area contributed by atoms with Crippen LogP contribution in [0.3, 0.4) is 0 Å². The third kappa shape index (κ3) is 3.46. The first-order valence-corrected chi connectivity index (χ1v) is 10.4. The maximum absolute atomic E-state index is 11.5. The average Bonchev–Trinajstić information content (AvgIpc) is 2.76. The number of amides is 1. The van der Waals surface area contributed by atoms with Crippen molar-refractivity contribution in [1.29, 1.82) is 0 Å². The third-order valence-corrected chi connectivity index (χ3v) is 4.83. The van der Waals surface area contributed by atoms with E-state index in [1.54, 1.807) is 18.5 Å². The molecule has 0 spiro atoms. The summed E-state index contributed by atoms with van der Waals surface area (Å²) < 4.78 is 7.54. The number of rotatable bonds is 6. The number of benzene rings is 1. The lowest BCUT2D eigenvalue weighted by atomic mass is 10.2. The van der Waals surface area contributed by atoms with Crippen molar-refractivity contribution >= 4 is 25.0 Å². The second kappa shape index (κ2) is 5.76. The molecule has 1 heterocycles. The zero-order valence-corrected chi connectivity index (χ0v) is 13.2. The van der Waals surface area contributed by atoms with Crippen LogP contribution in [-0.2, 0) is 11.5 Å². The molecule has 0 aliphatic rings. The Morgan fingerprint density at radius 3 is 2.80 bits per heavy atom. The first-order chi connectivity index (χ1) is 9.38. The van der Waals surface area contributed by atoms with E-state index in [9.17, 15) is 4.79 Å². The standard InChI is InChI=1S/C14H21N3O2Si/c1-20(2,3)8-7-19-10-17-9-16-12-6-4-5-11(13(12)17)14(15)18/h4-6,9H,7-8,10H2,1-3H3,(H2,15,18). The third-order valence-electron chi connectivity index (χ3n) is 3.13. The Morgan fingerprint density at radius 2 is 2.15 bits per heavy atom. The summed E-state index contributed by atoms with van der Waals surface area (Å²) >= 11 is 0. The molecule has 0 aliphatic heterocycles. The predicted molar refractivity (Wildman–Crippen MR) is 82.4 cm³/mol. The summed E-state index contributed by atoms with van der Waals surface area (Å²) in [4.78, 5) is 15.7. The van der Waals surface area contributed by atoms with E-state index in [0.717, 1.165) is 23.7 Å². The normalized spacial score (nSPS) is 11.9. The van der Waals surface area contributed by atoms with Gasteiger partial charge in [-0.15, -0.1) is 0 Å². The van der Waals surface area contributed by atoms with Gasteiger partial charge in [0.05, 0.1) is 22.9 Å². The van der Waals surface area contributed by atoms with Crippen LogP contribution in [-0.4, -0.2) is 30.1 Å². The molecule has 0 atom stereocenters. The van der Waals surface area contributed by atoms with Crippen LogP contribution in [0.2, 0.25) is 25.7 Å². The van der Waals surface area contributed by atoms with Crippen molar-refractivity contribution in [3.63, 3.8) is 0 Å². The number of imidazole rings is 1. The zero-order chi connectivity index (χ0) is 14.8. The van der Waals surface area contributed by atoms with Crippen molar-refractivity contribution in [3.05, 3.63) is 30.1 Å². The molecular weight excluding hydrogens is 270 g/mol. The molecule has 2 N–H and O–H groups in total. The van der Waals surface area contributed by atoms with E-state index < -0.39 is 14.0 Å². The first kappa shape index (κ1) is 14.7. The topological polar surface area (TPSA) is 70.1 Å². The van der Waals surface area contributed by atoms with E-state index in [2.05, 4.69) is 24.6 Å². The number of nitrogens with zero attached hydrogens (tertiary/aromatic N) is 2. The van der Waals surface area contributed by atoms with Crippen LogP contribution in [0.15, 0.2) is 24.5 Å². The summed E-state index contributed by atoms with van der Waals surface area (Å²) in [6, 6.07) is 6.47. The van der Waals surface area contributed by atoms with Gasteiger partial charge in [-0.3, -0.25) is 4.79 Å². The molecule has 108 valence electrons. The SMILES string of the molecule is C[Si](C)(C)CCOCn1cnc2cccc(C(N)=O)c21. The van der Waals surface area contributed by atoms with Gasteiger partial charge < -0.3 is 15.0 Å². The van der Waals surface area contributed by atoms with Crippen LogP contribution in [0.5, 0.6) is 0 Å². The van der Waals surface area contributed by atoms with Gasteiger partial charge in [0.1, 0.15) is 6.73 Å². The number of fused-ring (bicyclic) bond motifs is 1. The van der Waals surface area contributed by atoms with Crippen LogP contribution < -0.4 is 5.73 Å². The van der Waals surface area contributed by atoms with Crippen molar-refractivity contribution < 1.29 is 9.53 Å². The average molecular weight is 291 g/mol. The first-order valence-electron chi connectivity index (χ1n) is 6.70. The smallest absolute Gasteiger partial charge is 0.250 e. The van der Waals surface area contributed by atoms with E-state index >= 15 is 0 Å². The quantitative estimate of drug-likeness (QED) is 0.656. The van der Waals surface area contributed by atoms with Crippen molar-refractivity contribution in [2.45, 2.75) is 32.4 Å². The lowest BCUT2D eigenvalue weighted by molar-refractivity contribution is 0.0895. The maximum Gasteiger partial charge on any atom is 0.250 e. The molecule has 2 aromatic rings. The van der Waals surface area contributed by atoms with Gasteiger partial charge in [0, 0.05) is 14.7 Å². The number of para-hydroxylation sites is 1. The summed E-state index contributed by atoms with van der Waals surface area (Å²) in [6.07, 6.45) is 1.69. The van der Waals surface area contributed by atoms with E-state index in [4.69, 9.17) is 10.5 Å². The highest BCUT2D eigenvalue weighted by molar-refractivity contribution is 6.76. The summed E-state index contributed by atoms with van der Waals surface area (Å²) in [6.45, 7) is 8.07. The van der Waals surface area contributed by atoms with Gasteiger partial charge in [-0.2, -0.15) is 0 Å². The number of nitrogens with two attached hydrogens (primary N) is 1. The molecule has 0 fully saturated rings. The van der Waals surface area contributed by atoms with Crippen molar-refractivity contribution in [1.82, 2.24) is 9.55 Å². The molecule has 1 aromatic heterocycles. The Balaban J connectivity index is 2.13. The predicted octanol–water partition coefficient (Wildman–Crippen LogP) is 2.45. The Hall–Kier alpha value is -1.66. The van der Waals surface area contributed by atoms with Crippen LogP contribution in [0, 0.1) is 0 Å². The molecule has 2 rings (SSSR count). The van der Waals surface area contributed by atoms with Crippen molar-refractivity contribution in [2.24, 2.45) is 5.73 Å². The molecule has 0 saturated heterocycles. The van der Waals surface area contributed by atoms with Gasteiger partial charge in [0.15, 0.2) is 0 Å². The lowest BCUT2D eigenvalue weighted by Crippen LogP contribution is -2.22. The van der Waals surface area contributed by atoms with Crippen LogP contribution in [0.1, 0.15) is 10.4 Å². The largest absolute Gasteiger partial charge is 0.366 e. The number of hydrogen-bond acceptors (Lipinski definition) is 3. The number of ether oxygens (including phenoxy) is 1. The molecule has 20 heavy (non-hydrogen) atoms. The minimum absolute atomic E-state index is 0.394. The number of carbonyl (C=O) groups is 1. The van der Waals surface area contributed by atoms with E-state index in [1.807, 2.05) is 10.6 Å². The molecular formula is C14H21N3O2Si. The van der Waals surface area contributed by atoms with E-state index in [-0.39, 0.29) is 0 Å². The highest BCUT2D eigenvalue weighted by Gasteiger charge is 2.14. The van der Waals surface area contributed by atoms with Gasteiger partial charge in [0.25, 0.3) is 5.91 Å². The van der Waals surface area contributed by atoms with Gasteiger partial charge in [0.2, 0.25) is 0 Å². The minimum atomic E-state index is -1.09. The minimum Gasteiger partial charge on any atom is -0.366 e. The number of aromatic nitrogens is 2. The molecule has 0 aliphatic carbocycles. The second-order valence-electron chi connectivity index (χ2n) is 6.10. The highest BCUT2D eigenvalue weighted by Crippen LogP contribution is 2.18. The van der Waals surface area contributed by atoms with Crippen molar-refractivity contribution in [2.75, 3.05) is 6.61 Å². The summed E-state index contributed by atoms with van der Waals surface area (Å²) in [5.74, 6) is -0.445. The van der Waals surface area contributed by atoms with Crippen molar-refractivity contribution in [3.8, 4) is 0 Å².